The van der Waals surface area contributed by atoms with Gasteiger partial charge in [-0.05, 0) is 58.4 Å². The van der Waals surface area contributed by atoms with Crippen LogP contribution in [0.25, 0.3) is 0 Å². The van der Waals surface area contributed by atoms with Gasteiger partial charge in [-0.3, -0.25) is 29.0 Å². The summed E-state index contributed by atoms with van der Waals surface area (Å²) in [6.07, 6.45) is 6.32. The highest BCUT2D eigenvalue weighted by molar-refractivity contribution is 5.98. The van der Waals surface area contributed by atoms with Gasteiger partial charge < -0.3 is 49.9 Å². The van der Waals surface area contributed by atoms with E-state index >= 15 is 0 Å². The number of nitrogens with zero attached hydrogens (tertiary/aromatic N) is 8. The number of hydrogen-bond acceptors (Lipinski definition) is 17. The Hall–Kier alpha value is -8.04. The molecule has 0 unspecified atom stereocenters. The van der Waals surface area contributed by atoms with Crippen molar-refractivity contribution in [2.24, 2.45) is 0 Å². The van der Waals surface area contributed by atoms with Crippen LogP contribution in [0.3, 0.4) is 0 Å². The summed E-state index contributed by atoms with van der Waals surface area (Å²) >= 11 is 0. The number of aryl methyl sites for hydroxylation is 5. The summed E-state index contributed by atoms with van der Waals surface area (Å²) in [4.78, 5) is 87.1. The number of hydrogen-bond donors (Lipinski definition) is 4. The van der Waals surface area contributed by atoms with E-state index in [2.05, 4.69) is 56.2 Å². The average Bonchev–Trinajstić information content (AvgIpc) is 3.81. The molecule has 0 spiro atoms. The van der Waals surface area contributed by atoms with Gasteiger partial charge in [0.05, 0.1) is 49.7 Å². The second kappa shape index (κ2) is 22.5. The van der Waals surface area contributed by atoms with Gasteiger partial charge >= 0.3 is 0 Å². The molecule has 5 aromatic heterocycles. The minimum atomic E-state index is -0.222. The number of rotatable bonds is 0. The lowest BCUT2D eigenvalue weighted by molar-refractivity contribution is 0.0790. The highest BCUT2D eigenvalue weighted by Gasteiger charge is 2.24. The quantitative estimate of drug-likeness (QED) is 0.172. The molecule has 22 nitrogen and oxygen atoms in total. The van der Waals surface area contributed by atoms with Crippen LogP contribution in [0.2, 0.25) is 0 Å². The highest BCUT2D eigenvalue weighted by Crippen LogP contribution is 2.22. The maximum atomic E-state index is 11.7. The summed E-state index contributed by atoms with van der Waals surface area (Å²) in [5.74, 6) is 1.58. The Morgan fingerprint density at radius 1 is 0.470 bits per heavy atom. The zero-order valence-electron chi connectivity index (χ0n) is 37.4. The van der Waals surface area contributed by atoms with Crippen LogP contribution in [-0.2, 0) is 0 Å². The molecular formula is C44H50N12O10. The van der Waals surface area contributed by atoms with Crippen LogP contribution >= 0.6 is 0 Å². The van der Waals surface area contributed by atoms with Crippen LogP contribution in [0.4, 0.5) is 0 Å². The SMILES string of the molecule is Cc1cc2c(cn1)C(=O)NCCO2.Cc1ccc2c(n1)OCCNC2=O.Cc1cnc2c(c1)OCCNC2=O.Cc1cnc2c(n1)OCCN(C)C2=O.Cc1cnc2c(n1)OCCNC2=O. The van der Waals surface area contributed by atoms with Crippen molar-refractivity contribution >= 4 is 29.5 Å². The van der Waals surface area contributed by atoms with Crippen LogP contribution in [0, 0.1) is 34.6 Å². The molecule has 0 aliphatic carbocycles. The van der Waals surface area contributed by atoms with E-state index in [0.717, 1.165) is 28.3 Å². The first kappa shape index (κ1) is 47.4. The number of carbonyl (C=O) groups excluding carboxylic acids is 5. The lowest BCUT2D eigenvalue weighted by atomic mass is 10.2. The van der Waals surface area contributed by atoms with Crippen LogP contribution < -0.4 is 45.0 Å². The van der Waals surface area contributed by atoms with Crippen molar-refractivity contribution in [3.8, 4) is 29.1 Å². The molecule has 5 aliphatic heterocycles. The number of pyridine rings is 3. The number of fused-ring (bicyclic) bond motifs is 5. The third-order valence-electron chi connectivity index (χ3n) is 9.39. The van der Waals surface area contributed by atoms with Crippen molar-refractivity contribution in [1.29, 1.82) is 0 Å². The summed E-state index contributed by atoms with van der Waals surface area (Å²) in [5, 5.41) is 10.8. The molecule has 5 aromatic rings. The Morgan fingerprint density at radius 3 is 1.67 bits per heavy atom. The van der Waals surface area contributed by atoms with Crippen molar-refractivity contribution < 1.29 is 47.7 Å². The first-order chi connectivity index (χ1) is 31.8. The fourth-order valence-electron chi connectivity index (χ4n) is 6.07. The number of nitrogens with one attached hydrogen (secondary N) is 4. The van der Waals surface area contributed by atoms with Gasteiger partial charge in [0.1, 0.15) is 44.3 Å². The van der Waals surface area contributed by atoms with Gasteiger partial charge in [-0.15, -0.1) is 0 Å². The Kier molecular flexibility index (Phi) is 16.2. The summed E-state index contributed by atoms with van der Waals surface area (Å²) in [7, 11) is 1.72. The standard InChI is InChI=1S/C9H11N3O2.3C9H10N2O2.C8H9N3O2/c1-6-5-10-7-8(11-6)14-4-3-12(2)9(7)13;1-6-4-8-7(5-11-6)9(12)10-2-3-13-8;1-6-4-7-8(11-5-6)9(12)10-2-3-13-7;1-6-2-3-7-8(12)10-4-5-13-9(7)11-6;1-5-4-10-6-7(12)9-2-3-13-8(6)11-5/h5H,3-4H2,1-2H3;2*4-5H,2-3H2,1H3,(H,10,12);2-3H,4-5H2,1H3,(H,10,12);4H,2-3H2,1H3,(H,9,12). The van der Waals surface area contributed by atoms with Crippen LogP contribution in [0.1, 0.15) is 80.5 Å². The van der Waals surface area contributed by atoms with E-state index in [1.807, 2.05) is 33.8 Å². The van der Waals surface area contributed by atoms with Crippen molar-refractivity contribution in [1.82, 2.24) is 61.1 Å². The van der Waals surface area contributed by atoms with Gasteiger partial charge in [-0.25, -0.2) is 29.9 Å². The Bertz CT molecular complexity index is 2320. The fraction of sp³-hybridized carbons (Fsp3) is 0.364. The van der Waals surface area contributed by atoms with E-state index in [1.54, 1.807) is 61.9 Å². The molecule has 0 saturated carbocycles. The van der Waals surface area contributed by atoms with Crippen molar-refractivity contribution in [2.75, 3.05) is 72.8 Å². The molecule has 0 saturated heterocycles. The third kappa shape index (κ3) is 12.8. The van der Waals surface area contributed by atoms with Crippen molar-refractivity contribution in [2.45, 2.75) is 34.6 Å². The Balaban J connectivity index is 0.000000136. The van der Waals surface area contributed by atoms with Gasteiger partial charge in [0.2, 0.25) is 17.6 Å². The predicted molar refractivity (Wildman–Crippen MR) is 234 cm³/mol. The largest absolute Gasteiger partial charge is 0.491 e. The van der Waals surface area contributed by atoms with Crippen molar-refractivity contribution in [3.63, 3.8) is 0 Å². The number of ether oxygens (including phenoxy) is 5. The smallest absolute Gasteiger partial charge is 0.277 e. The van der Waals surface area contributed by atoms with E-state index in [-0.39, 0.29) is 35.2 Å². The van der Waals surface area contributed by atoms with Gasteiger partial charge in [-0.2, -0.15) is 0 Å². The topological polar surface area (TPSA) is 273 Å². The molecule has 0 bridgehead atoms. The minimum absolute atomic E-state index is 0.111. The van der Waals surface area contributed by atoms with Crippen molar-refractivity contribution in [3.05, 3.63) is 106 Å². The van der Waals surface area contributed by atoms with Gasteiger partial charge in [-0.1, -0.05) is 0 Å². The summed E-state index contributed by atoms with van der Waals surface area (Å²) in [6.45, 7) is 14.4. The molecule has 0 fully saturated rings. The fourth-order valence-corrected chi connectivity index (χ4v) is 6.07. The van der Waals surface area contributed by atoms with Gasteiger partial charge in [0.15, 0.2) is 22.8 Å². The zero-order chi connectivity index (χ0) is 47.2. The first-order valence-corrected chi connectivity index (χ1v) is 20.9. The molecule has 22 heteroatoms. The molecular weight excluding hydrogens is 857 g/mol. The molecule has 0 aromatic carbocycles. The Labute approximate surface area is 379 Å². The maximum absolute atomic E-state index is 11.7. The normalized spacial score (nSPS) is 15.4. The van der Waals surface area contributed by atoms with E-state index in [0.29, 0.717) is 117 Å². The van der Waals surface area contributed by atoms with E-state index in [1.165, 1.54) is 0 Å². The predicted octanol–water partition coefficient (Wildman–Crippen LogP) is 1.69. The summed E-state index contributed by atoms with van der Waals surface area (Å²) in [5.41, 5.74) is 6.18. The summed E-state index contributed by atoms with van der Waals surface area (Å²) < 4.78 is 26.6. The van der Waals surface area contributed by atoms with Crippen LogP contribution in [0.5, 0.6) is 29.1 Å². The molecule has 346 valence electrons. The molecule has 5 aliphatic rings. The molecule has 66 heavy (non-hydrogen) atoms. The second-order valence-electron chi connectivity index (χ2n) is 14.8. The summed E-state index contributed by atoms with van der Waals surface area (Å²) in [6, 6.07) is 7.14. The Morgan fingerprint density at radius 2 is 0.985 bits per heavy atom. The van der Waals surface area contributed by atoms with Crippen LogP contribution in [-0.4, -0.2) is 142 Å². The third-order valence-corrected chi connectivity index (χ3v) is 9.39. The molecule has 0 atom stereocenters. The minimum Gasteiger partial charge on any atom is -0.491 e. The first-order valence-electron chi connectivity index (χ1n) is 20.9. The number of aromatic nitrogens is 7. The van der Waals surface area contributed by atoms with Gasteiger partial charge in [0.25, 0.3) is 29.5 Å². The van der Waals surface area contributed by atoms with Crippen LogP contribution in [0.15, 0.2) is 49.1 Å². The molecule has 10 heterocycles. The average molecular weight is 907 g/mol. The molecule has 0 radical (unpaired) electrons. The molecule has 5 amide bonds. The van der Waals surface area contributed by atoms with E-state index in [9.17, 15) is 24.0 Å². The lowest BCUT2D eigenvalue weighted by Gasteiger charge is -2.11. The monoisotopic (exact) mass is 906 g/mol. The number of amides is 5. The highest BCUT2D eigenvalue weighted by atomic mass is 16.5. The zero-order valence-corrected chi connectivity index (χ0v) is 37.4. The molecule has 4 N–H and O–H groups in total. The van der Waals surface area contributed by atoms with E-state index < -0.39 is 0 Å². The lowest BCUT2D eigenvalue weighted by Crippen LogP contribution is -2.28. The maximum Gasteiger partial charge on any atom is 0.277 e. The van der Waals surface area contributed by atoms with Gasteiger partial charge in [0, 0.05) is 49.3 Å². The number of carbonyl (C=O) groups is 5. The van der Waals surface area contributed by atoms with E-state index in [4.69, 9.17) is 23.7 Å². The second-order valence-corrected chi connectivity index (χ2v) is 14.8. The number of likely N-dealkylation sites (N-methyl/N-ethyl adjacent to an activating group) is 1. The molecule has 10 rings (SSSR count).